The second-order valence-corrected chi connectivity index (χ2v) is 13.3. The van der Waals surface area contributed by atoms with Crippen LogP contribution in [0.2, 0.25) is 0 Å². The molecule has 0 unspecified atom stereocenters. The number of benzene rings is 2. The molecule has 1 N–H and O–H groups in total. The maximum atomic E-state index is 13.8. The van der Waals surface area contributed by atoms with E-state index in [1.54, 1.807) is 27.3 Å². The van der Waals surface area contributed by atoms with Crippen molar-refractivity contribution in [2.24, 2.45) is 13.0 Å². The van der Waals surface area contributed by atoms with Crippen molar-refractivity contribution in [1.29, 1.82) is 0 Å². The number of carboxylic acid groups (broad SMARTS) is 1. The van der Waals surface area contributed by atoms with Crippen molar-refractivity contribution in [3.8, 4) is 5.69 Å². The highest BCUT2D eigenvalue weighted by molar-refractivity contribution is 7.89. The van der Waals surface area contributed by atoms with Crippen molar-refractivity contribution in [2.45, 2.75) is 56.9 Å². The van der Waals surface area contributed by atoms with E-state index in [9.17, 15) is 18.3 Å². The zero-order chi connectivity index (χ0) is 28.3. The predicted molar refractivity (Wildman–Crippen MR) is 150 cm³/mol. The molecule has 2 aromatic heterocycles. The van der Waals surface area contributed by atoms with Crippen molar-refractivity contribution >= 4 is 16.0 Å². The highest BCUT2D eigenvalue weighted by Gasteiger charge is 2.45. The summed E-state index contributed by atoms with van der Waals surface area (Å²) in [4.78, 5) is 12.6. The number of aromatic carboxylic acids is 1. The largest absolute Gasteiger partial charge is 0.478 e. The highest BCUT2D eigenvalue weighted by Crippen LogP contribution is 2.55. The molecule has 1 saturated carbocycles. The van der Waals surface area contributed by atoms with Crippen LogP contribution >= 0.6 is 0 Å². The topological polar surface area (TPSA) is 110 Å². The number of hydrogen-bond donors (Lipinski definition) is 1. The van der Waals surface area contributed by atoms with E-state index in [2.05, 4.69) is 17.2 Å². The second kappa shape index (κ2) is 9.71. The van der Waals surface area contributed by atoms with E-state index in [1.165, 1.54) is 0 Å². The molecule has 1 fully saturated rings. The molecule has 40 heavy (non-hydrogen) atoms. The van der Waals surface area contributed by atoms with E-state index < -0.39 is 16.0 Å². The second-order valence-electron chi connectivity index (χ2n) is 11.4. The molecule has 3 atom stereocenters. The van der Waals surface area contributed by atoms with Gasteiger partial charge in [-0.05, 0) is 73.1 Å². The number of sulfonamides is 1. The van der Waals surface area contributed by atoms with Crippen LogP contribution in [0, 0.1) is 19.8 Å². The predicted octanol–water partition coefficient (Wildman–Crippen LogP) is 4.58. The minimum absolute atomic E-state index is 0.00688. The zero-order valence-corrected chi connectivity index (χ0v) is 23.9. The van der Waals surface area contributed by atoms with Crippen LogP contribution in [-0.4, -0.2) is 49.9 Å². The summed E-state index contributed by atoms with van der Waals surface area (Å²) in [7, 11) is -1.86. The van der Waals surface area contributed by atoms with E-state index in [4.69, 9.17) is 0 Å². The first-order chi connectivity index (χ1) is 19.0. The Hall–Kier alpha value is -3.76. The summed E-state index contributed by atoms with van der Waals surface area (Å²) in [6.07, 6.45) is 5.20. The summed E-state index contributed by atoms with van der Waals surface area (Å²) in [5.41, 5.74) is 6.34. The molecule has 0 radical (unpaired) electrons. The fourth-order valence-corrected chi connectivity index (χ4v) is 7.90. The molecule has 2 aliphatic rings. The molecular weight excluding hydrogens is 526 g/mol. The smallest absolute Gasteiger partial charge is 0.337 e. The molecule has 3 heterocycles. The number of fused-ring (bicyclic) bond motifs is 1. The van der Waals surface area contributed by atoms with E-state index >= 15 is 0 Å². The molecule has 0 spiro atoms. The molecule has 0 amide bonds. The van der Waals surface area contributed by atoms with Gasteiger partial charge in [-0.15, -0.1) is 5.10 Å². The molecule has 208 valence electrons. The molecule has 0 bridgehead atoms. The Morgan fingerprint density at radius 3 is 2.62 bits per heavy atom. The minimum atomic E-state index is -3.68. The minimum Gasteiger partial charge on any atom is -0.478 e. The summed E-state index contributed by atoms with van der Waals surface area (Å²) in [5.74, 6) is -0.680. The number of aryl methyl sites for hydroxylation is 3. The number of carbonyl (C=O) groups is 1. The maximum absolute atomic E-state index is 13.8. The SMILES string of the molecule is Cc1ccc2c(c1)S(=O)(=O)N(Cc1ccc(C)c(-n3ccc(C(=O)O)c3[C@@H]3C[C@H]3c3cn(C)nn3)c1)C[C@@H](C)C2. The summed E-state index contributed by atoms with van der Waals surface area (Å²) in [5, 5.41) is 18.3. The van der Waals surface area contributed by atoms with Crippen molar-refractivity contribution in [3.05, 3.63) is 94.1 Å². The zero-order valence-electron chi connectivity index (χ0n) is 23.1. The standard InChI is InChI=1S/C30H33N5O4S/c1-18-5-8-22-11-19(2)15-34(40(38,39)28(22)12-18)16-21-7-6-20(3)27(13-21)35-10-9-23(30(36)37)29(35)25-14-24(25)26-17-33(4)32-31-26/h5-10,12-13,17,19,24-25H,11,14-16H2,1-4H3,(H,36,37)/t19-,24+,25+/m0/s1. The van der Waals surface area contributed by atoms with Crippen LogP contribution in [0.25, 0.3) is 5.69 Å². The van der Waals surface area contributed by atoms with Gasteiger partial charge in [0.2, 0.25) is 10.0 Å². The van der Waals surface area contributed by atoms with Crippen molar-refractivity contribution in [1.82, 2.24) is 23.9 Å². The van der Waals surface area contributed by atoms with Gasteiger partial charge in [-0.2, -0.15) is 4.31 Å². The normalized spacial score (nSPS) is 22.1. The van der Waals surface area contributed by atoms with Gasteiger partial charge in [-0.1, -0.05) is 36.4 Å². The Morgan fingerprint density at radius 2 is 1.90 bits per heavy atom. The van der Waals surface area contributed by atoms with Crippen LogP contribution < -0.4 is 0 Å². The fourth-order valence-electron chi connectivity index (χ4n) is 6.03. The lowest BCUT2D eigenvalue weighted by atomic mass is 10.00. The van der Waals surface area contributed by atoms with Gasteiger partial charge in [0.1, 0.15) is 0 Å². The van der Waals surface area contributed by atoms with E-state index in [0.717, 1.165) is 45.7 Å². The lowest BCUT2D eigenvalue weighted by molar-refractivity contribution is 0.0695. The summed E-state index contributed by atoms with van der Waals surface area (Å²) >= 11 is 0. The van der Waals surface area contributed by atoms with E-state index in [1.807, 2.05) is 62.0 Å². The summed E-state index contributed by atoms with van der Waals surface area (Å²) < 4.78 is 32.8. The molecule has 1 aliphatic heterocycles. The van der Waals surface area contributed by atoms with Gasteiger partial charge in [0.05, 0.1) is 16.2 Å². The third kappa shape index (κ3) is 4.65. The van der Waals surface area contributed by atoms with Crippen molar-refractivity contribution in [3.63, 3.8) is 0 Å². The van der Waals surface area contributed by atoms with Gasteiger partial charge in [-0.25, -0.2) is 13.2 Å². The number of nitrogens with zero attached hydrogens (tertiary/aromatic N) is 5. The van der Waals surface area contributed by atoms with Gasteiger partial charge >= 0.3 is 5.97 Å². The molecule has 0 saturated heterocycles. The van der Waals surface area contributed by atoms with Gasteiger partial charge in [-0.3, -0.25) is 4.68 Å². The molecule has 4 aromatic rings. The third-order valence-corrected chi connectivity index (χ3v) is 10.0. The van der Waals surface area contributed by atoms with Crippen LogP contribution in [0.5, 0.6) is 0 Å². The van der Waals surface area contributed by atoms with Gasteiger partial charge in [0.15, 0.2) is 0 Å². The first-order valence-corrected chi connectivity index (χ1v) is 15.0. The van der Waals surface area contributed by atoms with Crippen LogP contribution in [0.15, 0.2) is 59.8 Å². The Labute approximate surface area is 234 Å². The number of hydrogen-bond acceptors (Lipinski definition) is 5. The van der Waals surface area contributed by atoms with Crippen molar-refractivity contribution < 1.29 is 18.3 Å². The van der Waals surface area contributed by atoms with Crippen LogP contribution in [0.4, 0.5) is 0 Å². The molecule has 2 aromatic carbocycles. The van der Waals surface area contributed by atoms with Gasteiger partial charge < -0.3 is 9.67 Å². The van der Waals surface area contributed by atoms with Crippen LogP contribution in [0.3, 0.4) is 0 Å². The lowest BCUT2D eigenvalue weighted by Crippen LogP contribution is -2.33. The van der Waals surface area contributed by atoms with Crippen LogP contribution in [-0.2, 0) is 30.0 Å². The number of aromatic nitrogens is 4. The molecule has 6 rings (SSSR count). The van der Waals surface area contributed by atoms with Gasteiger partial charge in [0.25, 0.3) is 0 Å². The first kappa shape index (κ1) is 26.5. The average molecular weight is 560 g/mol. The summed E-state index contributed by atoms with van der Waals surface area (Å²) in [6.45, 7) is 6.65. The average Bonchev–Trinajstić information content (AvgIpc) is 3.37. The first-order valence-electron chi connectivity index (χ1n) is 13.5. The fraction of sp³-hybridized carbons (Fsp3) is 0.367. The molecule has 1 aliphatic carbocycles. The Balaban J connectivity index is 1.36. The number of rotatable bonds is 6. The lowest BCUT2D eigenvalue weighted by Gasteiger charge is -2.23. The van der Waals surface area contributed by atoms with Crippen molar-refractivity contribution in [2.75, 3.05) is 6.54 Å². The number of carboxylic acids is 1. The highest BCUT2D eigenvalue weighted by atomic mass is 32.2. The molecule has 10 heteroatoms. The van der Waals surface area contributed by atoms with Crippen LogP contribution in [0.1, 0.15) is 69.2 Å². The maximum Gasteiger partial charge on any atom is 0.337 e. The molecule has 9 nitrogen and oxygen atoms in total. The monoisotopic (exact) mass is 559 g/mol. The molecular formula is C30H33N5O4S. The Bertz CT molecular complexity index is 1740. The van der Waals surface area contributed by atoms with E-state index in [-0.39, 0.29) is 29.9 Å². The summed E-state index contributed by atoms with van der Waals surface area (Å²) in [6, 6.07) is 13.3. The Morgan fingerprint density at radius 1 is 1.10 bits per heavy atom. The third-order valence-electron chi connectivity index (χ3n) is 8.11. The Kier molecular flexibility index (Phi) is 6.42. The quantitative estimate of drug-likeness (QED) is 0.370. The van der Waals surface area contributed by atoms with Gasteiger partial charge in [0, 0.05) is 55.7 Å². The van der Waals surface area contributed by atoms with E-state index in [0.29, 0.717) is 17.9 Å².